The lowest BCUT2D eigenvalue weighted by molar-refractivity contribution is -0.145. The second-order valence-corrected chi connectivity index (χ2v) is 10.2. The van der Waals surface area contributed by atoms with Crippen molar-refractivity contribution in [2.75, 3.05) is 43.4 Å². The lowest BCUT2D eigenvalue weighted by atomic mass is 9.92. The standard InChI is InChI=1S/C25H27N3S.C3H6O3/c1-18(19-7-10-21(11-8-19)28-15-13-27(2)14-16-28)20-9-12-25-23(17-20)26-22-5-3-4-6-24(22)29-25;1-2(4)3(5)6/h3-12,17-18,26H,13-16H2,1-2H3;2,4H,1H3,(H,5,6). The second-order valence-electron chi connectivity index (χ2n) is 9.10. The number of nitrogens with zero attached hydrogens (tertiary/aromatic N) is 2. The van der Waals surface area contributed by atoms with Gasteiger partial charge in [-0.2, -0.15) is 0 Å². The first-order chi connectivity index (χ1) is 16.8. The number of fused-ring (bicyclic) bond motifs is 2. The number of aliphatic hydroxyl groups is 1. The zero-order chi connectivity index (χ0) is 24.9. The molecule has 35 heavy (non-hydrogen) atoms. The molecule has 2 heterocycles. The molecule has 0 radical (unpaired) electrons. The molecule has 0 saturated carbocycles. The van der Waals surface area contributed by atoms with Crippen molar-refractivity contribution in [3.63, 3.8) is 0 Å². The van der Waals surface area contributed by atoms with Crippen LogP contribution in [-0.2, 0) is 4.79 Å². The minimum atomic E-state index is -1.23. The highest BCUT2D eigenvalue weighted by molar-refractivity contribution is 7.99. The maximum absolute atomic E-state index is 9.45. The van der Waals surface area contributed by atoms with Crippen LogP contribution >= 0.6 is 11.8 Å². The molecule has 0 aliphatic carbocycles. The highest BCUT2D eigenvalue weighted by atomic mass is 32.2. The van der Waals surface area contributed by atoms with Crippen molar-refractivity contribution in [1.29, 1.82) is 0 Å². The van der Waals surface area contributed by atoms with Crippen molar-refractivity contribution in [1.82, 2.24) is 4.90 Å². The number of anilines is 3. The number of aliphatic hydroxyl groups excluding tert-OH is 1. The predicted molar refractivity (Wildman–Crippen MR) is 143 cm³/mol. The lowest BCUT2D eigenvalue weighted by Crippen LogP contribution is -2.44. The zero-order valence-corrected chi connectivity index (χ0v) is 21.3. The molecule has 6 nitrogen and oxygen atoms in total. The Morgan fingerprint density at radius 1 is 0.886 bits per heavy atom. The van der Waals surface area contributed by atoms with E-state index in [2.05, 4.69) is 95.8 Å². The van der Waals surface area contributed by atoms with Gasteiger partial charge >= 0.3 is 5.97 Å². The van der Waals surface area contributed by atoms with Gasteiger partial charge in [-0.1, -0.05) is 49.0 Å². The van der Waals surface area contributed by atoms with Gasteiger partial charge in [0.05, 0.1) is 11.4 Å². The quantitative estimate of drug-likeness (QED) is 0.360. The molecule has 0 aromatic heterocycles. The third kappa shape index (κ3) is 6.17. The van der Waals surface area contributed by atoms with E-state index in [-0.39, 0.29) is 0 Å². The summed E-state index contributed by atoms with van der Waals surface area (Å²) in [6.45, 7) is 8.00. The van der Waals surface area contributed by atoms with Crippen LogP contribution in [0.2, 0.25) is 0 Å². The van der Waals surface area contributed by atoms with Crippen LogP contribution in [0.1, 0.15) is 30.9 Å². The van der Waals surface area contributed by atoms with Gasteiger partial charge in [-0.25, -0.2) is 4.79 Å². The number of carboxylic acid groups (broad SMARTS) is 1. The first kappa shape index (κ1) is 25.1. The summed E-state index contributed by atoms with van der Waals surface area (Å²) in [6, 6.07) is 24.6. The molecule has 1 saturated heterocycles. The SMILES string of the molecule is CC(O)C(=O)O.CC(c1ccc(N2CCN(C)CC2)cc1)c1ccc2c(c1)Nc1ccccc1S2. The topological polar surface area (TPSA) is 76.0 Å². The summed E-state index contributed by atoms with van der Waals surface area (Å²) in [5, 5.41) is 19.4. The van der Waals surface area contributed by atoms with Gasteiger partial charge in [0, 0.05) is 47.6 Å². The molecule has 0 bridgehead atoms. The number of nitrogens with one attached hydrogen (secondary N) is 1. The number of rotatable bonds is 4. The highest BCUT2D eigenvalue weighted by Crippen LogP contribution is 2.45. The number of hydrogen-bond acceptors (Lipinski definition) is 6. The van der Waals surface area contributed by atoms with Gasteiger partial charge in [-0.3, -0.25) is 0 Å². The first-order valence-corrected chi connectivity index (χ1v) is 12.8. The second kappa shape index (κ2) is 11.2. The molecule has 3 aromatic carbocycles. The third-order valence-corrected chi connectivity index (χ3v) is 7.65. The monoisotopic (exact) mass is 491 g/mol. The Kier molecular flexibility index (Phi) is 8.00. The minimum Gasteiger partial charge on any atom is -0.479 e. The Morgan fingerprint density at radius 2 is 1.49 bits per heavy atom. The van der Waals surface area contributed by atoms with Crippen LogP contribution in [0.25, 0.3) is 0 Å². The molecule has 184 valence electrons. The van der Waals surface area contributed by atoms with Gasteiger partial charge in [0.25, 0.3) is 0 Å². The van der Waals surface area contributed by atoms with Gasteiger partial charge in [-0.05, 0) is 61.5 Å². The fourth-order valence-electron chi connectivity index (χ4n) is 4.16. The van der Waals surface area contributed by atoms with Crippen LogP contribution in [0.4, 0.5) is 17.1 Å². The van der Waals surface area contributed by atoms with Crippen LogP contribution in [-0.4, -0.2) is 60.4 Å². The molecule has 0 spiro atoms. The normalized spacial score (nSPS) is 16.6. The molecule has 3 N–H and O–H groups in total. The van der Waals surface area contributed by atoms with Gasteiger partial charge in [0.15, 0.2) is 0 Å². The summed E-state index contributed by atoms with van der Waals surface area (Å²) in [7, 11) is 2.20. The summed E-state index contributed by atoms with van der Waals surface area (Å²) < 4.78 is 0. The highest BCUT2D eigenvalue weighted by Gasteiger charge is 2.18. The molecule has 1 fully saturated rings. The Balaban J connectivity index is 0.000000431. The summed E-state index contributed by atoms with van der Waals surface area (Å²) in [5.74, 6) is -0.819. The third-order valence-electron chi connectivity index (χ3n) is 6.50. The van der Waals surface area contributed by atoms with Crippen molar-refractivity contribution < 1.29 is 15.0 Å². The Morgan fingerprint density at radius 3 is 2.14 bits per heavy atom. The fraction of sp³-hybridized carbons (Fsp3) is 0.321. The van der Waals surface area contributed by atoms with E-state index in [0.29, 0.717) is 5.92 Å². The zero-order valence-electron chi connectivity index (χ0n) is 20.4. The van der Waals surface area contributed by atoms with Crippen molar-refractivity contribution in [3.05, 3.63) is 77.9 Å². The van der Waals surface area contributed by atoms with Crippen LogP contribution in [0.15, 0.2) is 76.5 Å². The number of carboxylic acids is 1. The number of likely N-dealkylation sites (N-methyl/N-ethyl adjacent to an activating group) is 1. The number of hydrogen-bond donors (Lipinski definition) is 3. The molecule has 2 aliphatic rings. The van der Waals surface area contributed by atoms with Crippen molar-refractivity contribution in [2.45, 2.75) is 35.7 Å². The number of aliphatic carboxylic acids is 1. The maximum atomic E-state index is 9.45. The van der Waals surface area contributed by atoms with Crippen LogP contribution in [0, 0.1) is 0 Å². The molecule has 5 rings (SSSR count). The van der Waals surface area contributed by atoms with E-state index in [0.717, 1.165) is 26.2 Å². The Hall–Kier alpha value is -3.00. The van der Waals surface area contributed by atoms with Gasteiger partial charge in [-0.15, -0.1) is 0 Å². The van der Waals surface area contributed by atoms with Gasteiger partial charge in [0.1, 0.15) is 6.10 Å². The molecular formula is C28H33N3O3S. The molecule has 2 unspecified atom stereocenters. The molecule has 0 amide bonds. The molecule has 7 heteroatoms. The van der Waals surface area contributed by atoms with E-state index >= 15 is 0 Å². The fourth-order valence-corrected chi connectivity index (χ4v) is 5.13. The molecular weight excluding hydrogens is 458 g/mol. The van der Waals surface area contributed by atoms with Crippen molar-refractivity contribution >= 4 is 34.8 Å². The molecule has 2 atom stereocenters. The molecule has 2 aliphatic heterocycles. The van der Waals surface area contributed by atoms with Gasteiger partial charge < -0.3 is 25.3 Å². The smallest absolute Gasteiger partial charge is 0.332 e. The number of benzene rings is 3. The van der Waals surface area contributed by atoms with E-state index in [1.165, 1.54) is 44.9 Å². The number of piperazine rings is 1. The average molecular weight is 492 g/mol. The largest absolute Gasteiger partial charge is 0.479 e. The summed E-state index contributed by atoms with van der Waals surface area (Å²) >= 11 is 1.85. The first-order valence-electron chi connectivity index (χ1n) is 11.9. The summed E-state index contributed by atoms with van der Waals surface area (Å²) in [5.41, 5.74) is 6.47. The van der Waals surface area contributed by atoms with Crippen LogP contribution < -0.4 is 10.2 Å². The van der Waals surface area contributed by atoms with E-state index < -0.39 is 12.1 Å². The number of carbonyl (C=O) groups is 1. The number of para-hydroxylation sites is 1. The van der Waals surface area contributed by atoms with E-state index in [9.17, 15) is 4.79 Å². The van der Waals surface area contributed by atoms with Crippen molar-refractivity contribution in [3.8, 4) is 0 Å². The van der Waals surface area contributed by atoms with E-state index in [1.807, 2.05) is 11.8 Å². The maximum Gasteiger partial charge on any atom is 0.332 e. The van der Waals surface area contributed by atoms with E-state index in [1.54, 1.807) is 0 Å². The van der Waals surface area contributed by atoms with Crippen molar-refractivity contribution in [2.24, 2.45) is 0 Å². The predicted octanol–water partition coefficient (Wildman–Crippen LogP) is 5.25. The Bertz CT molecular complexity index is 1160. The minimum absolute atomic E-state index is 0.366. The molecule has 3 aromatic rings. The summed E-state index contributed by atoms with van der Waals surface area (Å²) in [4.78, 5) is 16.9. The van der Waals surface area contributed by atoms with Gasteiger partial charge in [0.2, 0.25) is 0 Å². The average Bonchev–Trinajstić information content (AvgIpc) is 2.87. The summed E-state index contributed by atoms with van der Waals surface area (Å²) in [6.07, 6.45) is -1.23. The van der Waals surface area contributed by atoms with Crippen LogP contribution in [0.3, 0.4) is 0 Å². The van der Waals surface area contributed by atoms with Crippen LogP contribution in [0.5, 0.6) is 0 Å². The van der Waals surface area contributed by atoms with E-state index in [4.69, 9.17) is 10.2 Å². The Labute approximate surface area is 211 Å². The lowest BCUT2D eigenvalue weighted by Gasteiger charge is -2.34.